The standard InChI is InChI=1S/C27H20O2/c1-28-24-18-10-17-23-25(24)27(20-13-6-3-7-14-20)22-16-9-8-15-21(22)26(23,29-27)19-11-4-2-5-12-19/h2-18H,1H3/t26-,27+/m1/s1. The van der Waals surface area contributed by atoms with Crippen molar-refractivity contribution in [1.82, 2.24) is 0 Å². The van der Waals surface area contributed by atoms with Gasteiger partial charge in [0, 0.05) is 11.1 Å². The molecule has 0 saturated carbocycles. The summed E-state index contributed by atoms with van der Waals surface area (Å²) in [6, 6.07) is 35.9. The van der Waals surface area contributed by atoms with Crippen molar-refractivity contribution in [3.63, 3.8) is 0 Å². The van der Waals surface area contributed by atoms with Gasteiger partial charge in [-0.2, -0.15) is 0 Å². The van der Waals surface area contributed by atoms with Crippen LogP contribution >= 0.6 is 0 Å². The van der Waals surface area contributed by atoms with E-state index in [2.05, 4.69) is 84.9 Å². The molecule has 0 radical (unpaired) electrons. The molecule has 4 aromatic carbocycles. The lowest BCUT2D eigenvalue weighted by Gasteiger charge is -2.31. The van der Waals surface area contributed by atoms with E-state index in [4.69, 9.17) is 9.47 Å². The summed E-state index contributed by atoms with van der Waals surface area (Å²) in [7, 11) is 1.74. The van der Waals surface area contributed by atoms with Crippen LogP contribution in [0.2, 0.25) is 0 Å². The molecule has 2 aliphatic heterocycles. The SMILES string of the molecule is COc1cccc2c1[C@@]1(c3ccccc3)O[C@]2(c2ccccc2)c2ccccc21. The molecule has 0 fully saturated rings. The molecule has 4 aromatic rings. The van der Waals surface area contributed by atoms with Gasteiger partial charge in [-0.05, 0) is 28.3 Å². The molecule has 0 aliphatic carbocycles. The van der Waals surface area contributed by atoms with Crippen molar-refractivity contribution < 1.29 is 9.47 Å². The Labute approximate surface area is 170 Å². The average Bonchev–Trinajstić information content (AvgIpc) is 3.30. The molecule has 2 bridgehead atoms. The Hall–Kier alpha value is -3.36. The highest BCUT2D eigenvalue weighted by atomic mass is 16.5. The molecule has 0 aromatic heterocycles. The first kappa shape index (κ1) is 16.6. The van der Waals surface area contributed by atoms with Crippen LogP contribution in [-0.2, 0) is 15.9 Å². The van der Waals surface area contributed by atoms with Gasteiger partial charge in [-0.15, -0.1) is 0 Å². The molecule has 2 atom stereocenters. The van der Waals surface area contributed by atoms with Crippen LogP contribution < -0.4 is 4.74 Å². The summed E-state index contributed by atoms with van der Waals surface area (Å²) in [5, 5.41) is 0. The van der Waals surface area contributed by atoms with Crippen molar-refractivity contribution in [1.29, 1.82) is 0 Å². The van der Waals surface area contributed by atoms with Gasteiger partial charge in [0.15, 0.2) is 0 Å². The van der Waals surface area contributed by atoms with Crippen LogP contribution in [0.5, 0.6) is 5.75 Å². The van der Waals surface area contributed by atoms with Crippen molar-refractivity contribution in [2.75, 3.05) is 7.11 Å². The first-order chi connectivity index (χ1) is 14.3. The number of hydrogen-bond acceptors (Lipinski definition) is 2. The van der Waals surface area contributed by atoms with E-state index in [0.29, 0.717) is 0 Å². The monoisotopic (exact) mass is 376 g/mol. The van der Waals surface area contributed by atoms with Crippen molar-refractivity contribution in [3.8, 4) is 5.75 Å². The Bertz CT molecular complexity index is 1220. The van der Waals surface area contributed by atoms with E-state index in [1.807, 2.05) is 18.2 Å². The van der Waals surface area contributed by atoms with E-state index in [1.54, 1.807) is 7.11 Å². The second-order valence-electron chi connectivity index (χ2n) is 7.62. The first-order valence-electron chi connectivity index (χ1n) is 9.91. The van der Waals surface area contributed by atoms with Gasteiger partial charge in [0.1, 0.15) is 17.0 Å². The molecule has 0 spiro atoms. The van der Waals surface area contributed by atoms with Gasteiger partial charge < -0.3 is 9.47 Å². The first-order valence-corrected chi connectivity index (χ1v) is 9.91. The van der Waals surface area contributed by atoms with Crippen LogP contribution in [0.15, 0.2) is 103 Å². The fraction of sp³-hybridized carbons (Fsp3) is 0.111. The largest absolute Gasteiger partial charge is 0.496 e. The third-order valence-corrected chi connectivity index (χ3v) is 6.33. The van der Waals surface area contributed by atoms with E-state index in [-0.39, 0.29) is 0 Å². The Morgan fingerprint density at radius 2 is 1.07 bits per heavy atom. The lowest BCUT2D eigenvalue weighted by Crippen LogP contribution is -2.27. The maximum Gasteiger partial charge on any atom is 0.150 e. The number of benzene rings is 4. The molecular weight excluding hydrogens is 356 g/mol. The Balaban J connectivity index is 1.81. The van der Waals surface area contributed by atoms with Crippen LogP contribution in [0.25, 0.3) is 0 Å². The van der Waals surface area contributed by atoms with Crippen molar-refractivity contribution >= 4 is 0 Å². The molecule has 2 heterocycles. The van der Waals surface area contributed by atoms with Gasteiger partial charge in [-0.25, -0.2) is 0 Å². The predicted octanol–water partition coefficient (Wildman–Crippen LogP) is 5.62. The topological polar surface area (TPSA) is 18.5 Å². The average molecular weight is 376 g/mol. The summed E-state index contributed by atoms with van der Waals surface area (Å²) < 4.78 is 13.1. The van der Waals surface area contributed by atoms with E-state index in [9.17, 15) is 0 Å². The zero-order valence-corrected chi connectivity index (χ0v) is 16.1. The van der Waals surface area contributed by atoms with E-state index >= 15 is 0 Å². The summed E-state index contributed by atoms with van der Waals surface area (Å²) in [5.41, 5.74) is 5.56. The van der Waals surface area contributed by atoms with Crippen LogP contribution in [0.4, 0.5) is 0 Å². The number of rotatable bonds is 3. The minimum absolute atomic E-state index is 0.655. The molecule has 0 amide bonds. The molecule has 0 saturated heterocycles. The molecule has 2 nitrogen and oxygen atoms in total. The Morgan fingerprint density at radius 1 is 0.552 bits per heavy atom. The zero-order valence-electron chi connectivity index (χ0n) is 16.1. The minimum Gasteiger partial charge on any atom is -0.496 e. The number of methoxy groups -OCH3 is 1. The fourth-order valence-corrected chi connectivity index (χ4v) is 5.25. The minimum atomic E-state index is -0.699. The number of fused-ring (bicyclic) bond motifs is 8. The zero-order chi connectivity index (χ0) is 19.5. The molecule has 2 heteroatoms. The van der Waals surface area contributed by atoms with Crippen LogP contribution in [0.1, 0.15) is 33.4 Å². The normalized spacial score (nSPS) is 23.5. The van der Waals surface area contributed by atoms with Crippen molar-refractivity contribution in [3.05, 3.63) is 137 Å². The lowest BCUT2D eigenvalue weighted by molar-refractivity contribution is -0.0263. The summed E-state index contributed by atoms with van der Waals surface area (Å²) in [6.07, 6.45) is 0. The van der Waals surface area contributed by atoms with Crippen LogP contribution in [0.3, 0.4) is 0 Å². The molecule has 0 unspecified atom stereocenters. The van der Waals surface area contributed by atoms with E-state index in [1.165, 1.54) is 11.1 Å². The summed E-state index contributed by atoms with van der Waals surface area (Å²) in [4.78, 5) is 0. The van der Waals surface area contributed by atoms with Gasteiger partial charge >= 0.3 is 0 Å². The fourth-order valence-electron chi connectivity index (χ4n) is 5.25. The third kappa shape index (κ3) is 1.89. The summed E-state index contributed by atoms with van der Waals surface area (Å²) >= 11 is 0. The molecule has 0 N–H and O–H groups in total. The molecular formula is C27H20O2. The van der Waals surface area contributed by atoms with Crippen molar-refractivity contribution in [2.24, 2.45) is 0 Å². The second-order valence-corrected chi connectivity index (χ2v) is 7.62. The highest BCUT2D eigenvalue weighted by Crippen LogP contribution is 2.67. The van der Waals surface area contributed by atoms with Gasteiger partial charge in [0.25, 0.3) is 0 Å². The van der Waals surface area contributed by atoms with E-state index < -0.39 is 11.2 Å². The summed E-state index contributed by atoms with van der Waals surface area (Å²) in [5.74, 6) is 0.860. The van der Waals surface area contributed by atoms with Gasteiger partial charge in [-0.3, -0.25) is 0 Å². The Morgan fingerprint density at radius 3 is 1.69 bits per heavy atom. The van der Waals surface area contributed by atoms with Crippen LogP contribution in [-0.4, -0.2) is 7.11 Å². The maximum absolute atomic E-state index is 7.22. The second kappa shape index (κ2) is 5.82. The van der Waals surface area contributed by atoms with Gasteiger partial charge in [0.05, 0.1) is 7.11 Å². The van der Waals surface area contributed by atoms with Crippen molar-refractivity contribution in [2.45, 2.75) is 11.2 Å². The molecule has 140 valence electrons. The van der Waals surface area contributed by atoms with Gasteiger partial charge in [-0.1, -0.05) is 97.1 Å². The van der Waals surface area contributed by atoms with Crippen LogP contribution in [0, 0.1) is 0 Å². The highest BCUT2D eigenvalue weighted by molar-refractivity contribution is 5.72. The predicted molar refractivity (Wildman–Crippen MR) is 113 cm³/mol. The smallest absolute Gasteiger partial charge is 0.150 e. The molecule has 6 rings (SSSR count). The number of hydrogen-bond donors (Lipinski definition) is 0. The van der Waals surface area contributed by atoms with E-state index in [0.717, 1.165) is 28.0 Å². The van der Waals surface area contributed by atoms with Gasteiger partial charge in [0.2, 0.25) is 0 Å². The maximum atomic E-state index is 7.22. The third-order valence-electron chi connectivity index (χ3n) is 6.33. The number of ether oxygens (including phenoxy) is 2. The Kier molecular flexibility index (Phi) is 3.33. The highest BCUT2D eigenvalue weighted by Gasteiger charge is 2.65. The molecule has 2 aliphatic rings. The lowest BCUT2D eigenvalue weighted by atomic mass is 9.68. The molecule has 29 heavy (non-hydrogen) atoms. The summed E-state index contributed by atoms with van der Waals surface area (Å²) in [6.45, 7) is 0. The quantitative estimate of drug-likeness (QED) is 0.462.